The molecule has 3 heteroatoms. The highest BCUT2D eigenvalue weighted by Crippen LogP contribution is 2.24. The highest BCUT2D eigenvalue weighted by Gasteiger charge is 2.04. The first-order valence-corrected chi connectivity index (χ1v) is 6.33. The zero-order valence-corrected chi connectivity index (χ0v) is 10.7. The van der Waals surface area contributed by atoms with E-state index in [1.807, 2.05) is 35.1 Å². The van der Waals surface area contributed by atoms with E-state index in [4.69, 9.17) is 0 Å². The molecule has 1 aromatic heterocycles. The van der Waals surface area contributed by atoms with Crippen LogP contribution in [0.15, 0.2) is 48.7 Å². The molecule has 3 nitrogen and oxygen atoms in total. The minimum Gasteiger partial charge on any atom is -0.298 e. The second-order valence-electron chi connectivity index (χ2n) is 4.47. The van der Waals surface area contributed by atoms with Gasteiger partial charge in [0.25, 0.3) is 0 Å². The van der Waals surface area contributed by atoms with Crippen LogP contribution in [-0.4, -0.2) is 16.1 Å². The largest absolute Gasteiger partial charge is 0.298 e. The third-order valence-corrected chi connectivity index (χ3v) is 3.32. The van der Waals surface area contributed by atoms with E-state index >= 15 is 0 Å². The van der Waals surface area contributed by atoms with E-state index in [1.165, 1.54) is 0 Å². The first-order chi connectivity index (χ1) is 9.31. The van der Waals surface area contributed by atoms with E-state index < -0.39 is 0 Å². The lowest BCUT2D eigenvalue weighted by Gasteiger charge is -2.03. The third-order valence-electron chi connectivity index (χ3n) is 3.32. The number of benzene rings is 2. The minimum absolute atomic E-state index is 0.698. The lowest BCUT2D eigenvalue weighted by Crippen LogP contribution is -1.94. The molecule has 3 aromatic rings. The first kappa shape index (κ1) is 11.7. The maximum absolute atomic E-state index is 10.7. The van der Waals surface area contributed by atoms with Crippen molar-refractivity contribution in [2.24, 2.45) is 0 Å². The predicted octanol–water partition coefficient (Wildman–Crippen LogP) is 3.54. The molecule has 0 saturated heterocycles. The molecule has 0 fully saturated rings. The number of rotatable bonds is 3. The Balaban J connectivity index is 2.06. The Morgan fingerprint density at radius 2 is 1.84 bits per heavy atom. The second-order valence-corrected chi connectivity index (χ2v) is 4.47. The van der Waals surface area contributed by atoms with Gasteiger partial charge in [-0.1, -0.05) is 30.3 Å². The van der Waals surface area contributed by atoms with Crippen molar-refractivity contribution in [1.82, 2.24) is 9.78 Å². The Morgan fingerprint density at radius 3 is 2.53 bits per heavy atom. The van der Waals surface area contributed by atoms with Gasteiger partial charge in [0.05, 0.1) is 11.7 Å². The average Bonchev–Trinajstić information content (AvgIpc) is 2.89. The average molecular weight is 250 g/mol. The van der Waals surface area contributed by atoms with Crippen molar-refractivity contribution in [2.75, 3.05) is 0 Å². The van der Waals surface area contributed by atoms with Crippen LogP contribution in [0, 0.1) is 0 Å². The van der Waals surface area contributed by atoms with E-state index in [1.54, 1.807) is 0 Å². The number of carbonyl (C=O) groups is 1. The van der Waals surface area contributed by atoms with Gasteiger partial charge >= 0.3 is 0 Å². The number of aldehydes is 1. The molecule has 0 saturated carbocycles. The highest BCUT2D eigenvalue weighted by molar-refractivity contribution is 5.85. The number of hydrogen-bond donors (Lipinski definition) is 0. The van der Waals surface area contributed by atoms with Crippen molar-refractivity contribution in [3.63, 3.8) is 0 Å². The molecule has 0 spiro atoms. The Labute approximate surface area is 111 Å². The van der Waals surface area contributed by atoms with Crippen molar-refractivity contribution >= 4 is 17.2 Å². The molecule has 0 radical (unpaired) electrons. The Kier molecular flexibility index (Phi) is 2.88. The van der Waals surface area contributed by atoms with Gasteiger partial charge in [0.15, 0.2) is 0 Å². The van der Waals surface area contributed by atoms with Gasteiger partial charge in [0, 0.05) is 17.5 Å². The van der Waals surface area contributed by atoms with Crippen LogP contribution in [0.5, 0.6) is 0 Å². The van der Waals surface area contributed by atoms with Crippen LogP contribution in [0.25, 0.3) is 22.0 Å². The number of fused-ring (bicyclic) bond motifs is 1. The number of aromatic nitrogens is 2. The molecule has 0 unspecified atom stereocenters. The Hall–Kier alpha value is -2.42. The number of aryl methyl sites for hydroxylation is 1. The summed E-state index contributed by atoms with van der Waals surface area (Å²) in [5, 5.41) is 5.48. The summed E-state index contributed by atoms with van der Waals surface area (Å²) < 4.78 is 1.98. The Morgan fingerprint density at radius 1 is 1.11 bits per heavy atom. The lowest BCUT2D eigenvalue weighted by atomic mass is 10.0. The fourth-order valence-corrected chi connectivity index (χ4v) is 2.27. The van der Waals surface area contributed by atoms with E-state index in [0.717, 1.165) is 34.9 Å². The van der Waals surface area contributed by atoms with Crippen molar-refractivity contribution in [3.8, 4) is 11.1 Å². The van der Waals surface area contributed by atoms with Crippen LogP contribution in [0.2, 0.25) is 0 Å². The monoisotopic (exact) mass is 250 g/mol. The summed E-state index contributed by atoms with van der Waals surface area (Å²) in [6.45, 7) is 2.95. The fourth-order valence-electron chi connectivity index (χ4n) is 2.27. The van der Waals surface area contributed by atoms with E-state index in [0.29, 0.717) is 5.56 Å². The summed E-state index contributed by atoms with van der Waals surface area (Å²) in [5.41, 5.74) is 4.09. The molecule has 1 heterocycles. The minimum atomic E-state index is 0.698. The molecular weight excluding hydrogens is 236 g/mol. The SMILES string of the molecule is CCn1ncc2cc(-c3ccc(C=O)cc3)ccc21. The number of hydrogen-bond acceptors (Lipinski definition) is 2. The highest BCUT2D eigenvalue weighted by atomic mass is 16.1. The van der Waals surface area contributed by atoms with Gasteiger partial charge in [0.2, 0.25) is 0 Å². The van der Waals surface area contributed by atoms with Crippen LogP contribution < -0.4 is 0 Å². The van der Waals surface area contributed by atoms with Crippen LogP contribution in [0.4, 0.5) is 0 Å². The summed E-state index contributed by atoms with van der Waals surface area (Å²) in [5.74, 6) is 0. The van der Waals surface area contributed by atoms with Gasteiger partial charge in [-0.15, -0.1) is 0 Å². The zero-order chi connectivity index (χ0) is 13.2. The molecule has 0 aliphatic rings. The van der Waals surface area contributed by atoms with Crippen LogP contribution in [0.1, 0.15) is 17.3 Å². The summed E-state index contributed by atoms with van der Waals surface area (Å²) >= 11 is 0. The normalized spacial score (nSPS) is 10.8. The van der Waals surface area contributed by atoms with Gasteiger partial charge in [-0.2, -0.15) is 5.10 Å². The van der Waals surface area contributed by atoms with E-state index in [9.17, 15) is 4.79 Å². The molecular formula is C16H14N2O. The van der Waals surface area contributed by atoms with Gasteiger partial charge in [0.1, 0.15) is 6.29 Å². The van der Waals surface area contributed by atoms with Crippen LogP contribution in [0.3, 0.4) is 0 Å². The quantitative estimate of drug-likeness (QED) is 0.666. The van der Waals surface area contributed by atoms with Crippen LogP contribution in [-0.2, 0) is 6.54 Å². The van der Waals surface area contributed by atoms with Crippen LogP contribution >= 0.6 is 0 Å². The zero-order valence-electron chi connectivity index (χ0n) is 10.7. The summed E-state index contributed by atoms with van der Waals surface area (Å²) in [6, 6.07) is 13.9. The third kappa shape index (κ3) is 2.03. The second kappa shape index (κ2) is 4.69. The molecule has 0 aliphatic carbocycles. The van der Waals surface area contributed by atoms with Gasteiger partial charge in [-0.3, -0.25) is 9.48 Å². The molecule has 0 bridgehead atoms. The molecule has 0 amide bonds. The van der Waals surface area contributed by atoms with Crippen molar-refractivity contribution < 1.29 is 4.79 Å². The van der Waals surface area contributed by atoms with Gasteiger partial charge in [-0.05, 0) is 30.2 Å². The van der Waals surface area contributed by atoms with Gasteiger partial charge < -0.3 is 0 Å². The van der Waals surface area contributed by atoms with E-state index in [-0.39, 0.29) is 0 Å². The van der Waals surface area contributed by atoms with Gasteiger partial charge in [-0.25, -0.2) is 0 Å². The summed E-state index contributed by atoms with van der Waals surface area (Å²) in [7, 11) is 0. The molecule has 0 N–H and O–H groups in total. The molecule has 19 heavy (non-hydrogen) atoms. The summed E-state index contributed by atoms with van der Waals surface area (Å²) in [4.78, 5) is 10.7. The smallest absolute Gasteiger partial charge is 0.150 e. The lowest BCUT2D eigenvalue weighted by molar-refractivity contribution is 0.112. The number of nitrogens with zero attached hydrogens (tertiary/aromatic N) is 2. The van der Waals surface area contributed by atoms with Crippen molar-refractivity contribution in [2.45, 2.75) is 13.5 Å². The molecule has 2 aromatic carbocycles. The molecule has 0 aliphatic heterocycles. The maximum Gasteiger partial charge on any atom is 0.150 e. The number of carbonyl (C=O) groups excluding carboxylic acids is 1. The molecule has 94 valence electrons. The molecule has 0 atom stereocenters. The topological polar surface area (TPSA) is 34.9 Å². The predicted molar refractivity (Wildman–Crippen MR) is 76.2 cm³/mol. The summed E-state index contributed by atoms with van der Waals surface area (Å²) in [6.07, 6.45) is 2.75. The van der Waals surface area contributed by atoms with E-state index in [2.05, 4.69) is 30.2 Å². The van der Waals surface area contributed by atoms with Crippen molar-refractivity contribution in [1.29, 1.82) is 0 Å². The fraction of sp³-hybridized carbons (Fsp3) is 0.125. The molecule has 3 rings (SSSR count). The van der Waals surface area contributed by atoms with Crippen molar-refractivity contribution in [3.05, 3.63) is 54.2 Å². The Bertz CT molecular complexity index is 726. The standard InChI is InChI=1S/C16H14N2O/c1-2-18-16-8-7-14(9-15(16)10-17-18)13-5-3-12(11-19)4-6-13/h3-11H,2H2,1H3. The maximum atomic E-state index is 10.7. The first-order valence-electron chi connectivity index (χ1n) is 6.33.